The van der Waals surface area contributed by atoms with Crippen LogP contribution in [0.25, 0.3) is 11.3 Å². The number of nitrogens with zero attached hydrogens (tertiary/aromatic N) is 2. The third kappa shape index (κ3) is 5.65. The zero-order valence-corrected chi connectivity index (χ0v) is 14.1. The zero-order chi connectivity index (χ0) is 15.9. The minimum absolute atomic E-state index is 0. The molecule has 0 fully saturated rings. The molecule has 2 N–H and O–H groups in total. The van der Waals surface area contributed by atoms with E-state index in [1.165, 1.54) is 12.1 Å². The highest BCUT2D eigenvalue weighted by atomic mass is 35.5. The van der Waals surface area contributed by atoms with E-state index in [4.69, 9.17) is 0 Å². The molecule has 23 heavy (non-hydrogen) atoms. The highest BCUT2D eigenvalue weighted by molar-refractivity contribution is 5.85. The van der Waals surface area contributed by atoms with E-state index in [-0.39, 0.29) is 24.1 Å². The van der Waals surface area contributed by atoms with Gasteiger partial charge in [0, 0.05) is 24.8 Å². The lowest BCUT2D eigenvalue weighted by atomic mass is 10.1. The van der Waals surface area contributed by atoms with Crippen LogP contribution < -0.4 is 5.32 Å². The lowest BCUT2D eigenvalue weighted by Gasteiger charge is -2.16. The van der Waals surface area contributed by atoms with Crippen LogP contribution in [0.1, 0.15) is 12.1 Å². The number of aromatic nitrogens is 2. The minimum atomic E-state index is -0.272. The molecule has 0 bridgehead atoms. The number of likely N-dealkylation sites (N-methyl/N-ethyl adjacent to an activating group) is 2. The van der Waals surface area contributed by atoms with Gasteiger partial charge in [-0.1, -0.05) is 12.1 Å². The first-order chi connectivity index (χ1) is 10.6. The number of rotatable bonds is 7. The number of amides is 1. The summed E-state index contributed by atoms with van der Waals surface area (Å²) in [6, 6.07) is 8.29. The fraction of sp³-hybridized carbons (Fsp3) is 0.375. The molecule has 1 heterocycles. The second-order valence-corrected chi connectivity index (χ2v) is 5.24. The van der Waals surface area contributed by atoms with Crippen LogP contribution in [-0.4, -0.2) is 48.2 Å². The molecule has 0 saturated carbocycles. The Kier molecular flexibility index (Phi) is 7.71. The van der Waals surface area contributed by atoms with Gasteiger partial charge in [0.2, 0.25) is 5.91 Å². The third-order valence-corrected chi connectivity index (χ3v) is 3.44. The van der Waals surface area contributed by atoms with Crippen LogP contribution in [0.3, 0.4) is 0 Å². The highest BCUT2D eigenvalue weighted by Crippen LogP contribution is 2.19. The maximum Gasteiger partial charge on any atom is 0.236 e. The largest absolute Gasteiger partial charge is 0.345 e. The lowest BCUT2D eigenvalue weighted by Crippen LogP contribution is -2.34. The van der Waals surface area contributed by atoms with Crippen molar-refractivity contribution in [1.29, 1.82) is 0 Å². The fourth-order valence-electron chi connectivity index (χ4n) is 2.20. The number of H-pyrrole nitrogens is 1. The number of carbonyl (C=O) groups excluding carboxylic acids is 1. The molecule has 0 unspecified atom stereocenters. The van der Waals surface area contributed by atoms with E-state index in [1.54, 1.807) is 25.1 Å². The normalized spacial score (nSPS) is 10.2. The first kappa shape index (κ1) is 19.1. The van der Waals surface area contributed by atoms with Crippen LogP contribution in [0.2, 0.25) is 0 Å². The fourth-order valence-corrected chi connectivity index (χ4v) is 2.20. The second-order valence-electron chi connectivity index (χ2n) is 5.24. The Morgan fingerprint density at radius 3 is 2.87 bits per heavy atom. The number of carbonyl (C=O) groups is 1. The summed E-state index contributed by atoms with van der Waals surface area (Å²) in [5.41, 5.74) is 2.46. The quantitative estimate of drug-likeness (QED) is 0.812. The molecule has 0 atom stereocenters. The van der Waals surface area contributed by atoms with Gasteiger partial charge >= 0.3 is 0 Å². The molecule has 0 aliphatic carbocycles. The van der Waals surface area contributed by atoms with Crippen molar-refractivity contribution in [3.8, 4) is 11.3 Å². The molecule has 1 aromatic carbocycles. The number of halogens is 2. The summed E-state index contributed by atoms with van der Waals surface area (Å²) in [5.74, 6) is -0.195. The zero-order valence-electron chi connectivity index (χ0n) is 13.3. The van der Waals surface area contributed by atoms with Gasteiger partial charge in [0.15, 0.2) is 0 Å². The Bertz CT molecular complexity index is 632. The summed E-state index contributed by atoms with van der Waals surface area (Å²) in [6.45, 7) is 1.04. The molecule has 0 aliphatic heterocycles. The number of aromatic amines is 1. The van der Waals surface area contributed by atoms with E-state index >= 15 is 0 Å². The van der Waals surface area contributed by atoms with Gasteiger partial charge in [-0.2, -0.15) is 5.10 Å². The molecule has 0 spiro atoms. The SMILES string of the molecule is CNCC(=O)N(C)CCCc1cc(-c2cccc(F)c2)n[nH]1.Cl. The molecule has 126 valence electrons. The predicted octanol–water partition coefficient (Wildman–Crippen LogP) is 2.25. The molecule has 2 aromatic rings. The van der Waals surface area contributed by atoms with Crippen LogP contribution in [0.4, 0.5) is 4.39 Å². The molecule has 0 aliphatic rings. The Morgan fingerprint density at radius 1 is 1.39 bits per heavy atom. The minimum Gasteiger partial charge on any atom is -0.345 e. The van der Waals surface area contributed by atoms with Gasteiger partial charge in [-0.05, 0) is 38.1 Å². The van der Waals surface area contributed by atoms with Crippen molar-refractivity contribution in [2.75, 3.05) is 27.2 Å². The summed E-state index contributed by atoms with van der Waals surface area (Å²) >= 11 is 0. The second kappa shape index (κ2) is 9.27. The smallest absolute Gasteiger partial charge is 0.236 e. The number of nitrogens with one attached hydrogen (secondary N) is 2. The Balaban J connectivity index is 0.00000264. The number of benzene rings is 1. The van der Waals surface area contributed by atoms with Gasteiger partial charge in [-0.15, -0.1) is 12.4 Å². The van der Waals surface area contributed by atoms with E-state index in [0.29, 0.717) is 13.1 Å². The lowest BCUT2D eigenvalue weighted by molar-refractivity contribution is -0.128. The monoisotopic (exact) mass is 340 g/mol. The number of hydrogen-bond acceptors (Lipinski definition) is 3. The average molecular weight is 341 g/mol. The van der Waals surface area contributed by atoms with Crippen LogP contribution in [0.15, 0.2) is 30.3 Å². The first-order valence-corrected chi connectivity index (χ1v) is 7.29. The van der Waals surface area contributed by atoms with Gasteiger partial charge < -0.3 is 10.2 Å². The van der Waals surface area contributed by atoms with E-state index in [2.05, 4.69) is 15.5 Å². The van der Waals surface area contributed by atoms with Gasteiger partial charge in [0.05, 0.1) is 12.2 Å². The van der Waals surface area contributed by atoms with Crippen LogP contribution in [0, 0.1) is 5.82 Å². The Hall–Kier alpha value is -1.92. The average Bonchev–Trinajstić information content (AvgIpc) is 2.96. The highest BCUT2D eigenvalue weighted by Gasteiger charge is 2.08. The Morgan fingerprint density at radius 2 is 2.17 bits per heavy atom. The van der Waals surface area contributed by atoms with Crippen molar-refractivity contribution in [3.63, 3.8) is 0 Å². The van der Waals surface area contributed by atoms with Crippen molar-refractivity contribution >= 4 is 18.3 Å². The standard InChI is InChI=1S/C16H21FN4O.ClH/c1-18-11-16(22)21(2)8-4-7-14-10-15(20-19-14)12-5-3-6-13(17)9-12;/h3,5-6,9-10,18H,4,7-8,11H2,1-2H3,(H,19,20);1H. The van der Waals surface area contributed by atoms with Crippen LogP contribution in [0.5, 0.6) is 0 Å². The maximum absolute atomic E-state index is 13.2. The van der Waals surface area contributed by atoms with Gasteiger partial charge in [-0.3, -0.25) is 9.89 Å². The molecule has 2 rings (SSSR count). The molecule has 1 aromatic heterocycles. The van der Waals surface area contributed by atoms with Gasteiger partial charge in [0.25, 0.3) is 0 Å². The third-order valence-electron chi connectivity index (χ3n) is 3.44. The molecule has 7 heteroatoms. The van der Waals surface area contributed by atoms with Crippen LogP contribution in [-0.2, 0) is 11.2 Å². The van der Waals surface area contributed by atoms with Crippen molar-refractivity contribution in [2.24, 2.45) is 0 Å². The topological polar surface area (TPSA) is 61.0 Å². The summed E-state index contributed by atoms with van der Waals surface area (Å²) in [4.78, 5) is 13.3. The van der Waals surface area contributed by atoms with Gasteiger partial charge in [0.1, 0.15) is 5.82 Å². The maximum atomic E-state index is 13.2. The summed E-state index contributed by atoms with van der Waals surface area (Å²) in [7, 11) is 3.55. The Labute approximate surface area is 141 Å². The van der Waals surface area contributed by atoms with Crippen molar-refractivity contribution in [2.45, 2.75) is 12.8 Å². The molecular weight excluding hydrogens is 319 g/mol. The van der Waals surface area contributed by atoms with Crippen molar-refractivity contribution in [3.05, 3.63) is 41.8 Å². The summed E-state index contributed by atoms with van der Waals surface area (Å²) < 4.78 is 13.2. The van der Waals surface area contributed by atoms with Crippen LogP contribution >= 0.6 is 12.4 Å². The van der Waals surface area contributed by atoms with E-state index in [0.717, 1.165) is 29.8 Å². The molecular formula is C16H22ClFN4O. The summed E-state index contributed by atoms with van der Waals surface area (Å²) in [5, 5.41) is 10.0. The van der Waals surface area contributed by atoms with E-state index in [9.17, 15) is 9.18 Å². The first-order valence-electron chi connectivity index (χ1n) is 7.29. The summed E-state index contributed by atoms with van der Waals surface area (Å²) in [6.07, 6.45) is 1.64. The molecule has 0 radical (unpaired) electrons. The predicted molar refractivity (Wildman–Crippen MR) is 91.1 cm³/mol. The molecule has 0 saturated heterocycles. The van der Waals surface area contributed by atoms with Crippen molar-refractivity contribution in [1.82, 2.24) is 20.4 Å². The number of hydrogen-bond donors (Lipinski definition) is 2. The molecule has 5 nitrogen and oxygen atoms in total. The van der Waals surface area contributed by atoms with E-state index < -0.39 is 0 Å². The van der Waals surface area contributed by atoms with Crippen molar-refractivity contribution < 1.29 is 9.18 Å². The molecule has 1 amide bonds. The number of aryl methyl sites for hydroxylation is 1. The van der Waals surface area contributed by atoms with Gasteiger partial charge in [-0.25, -0.2) is 4.39 Å². The van der Waals surface area contributed by atoms with E-state index in [1.807, 2.05) is 12.1 Å².